The average Bonchev–Trinajstić information content (AvgIpc) is 2.63. The molecule has 0 saturated carbocycles. The Morgan fingerprint density at radius 2 is 1.92 bits per heavy atom. The molecule has 6 heteroatoms. The predicted octanol–water partition coefficient (Wildman–Crippen LogP) is 1.99. The van der Waals surface area contributed by atoms with E-state index in [1.54, 1.807) is 12.4 Å². The van der Waals surface area contributed by atoms with Crippen LogP contribution in [0.1, 0.15) is 31.2 Å². The van der Waals surface area contributed by atoms with E-state index in [-0.39, 0.29) is 5.91 Å². The number of likely N-dealkylation sites (N-methyl/N-ethyl adjacent to an activating group) is 1. The van der Waals surface area contributed by atoms with E-state index in [0.717, 1.165) is 38.5 Å². The molecular weight excluding hydrogens is 332 g/mol. The summed E-state index contributed by atoms with van der Waals surface area (Å²) in [4.78, 5) is 21.0. The van der Waals surface area contributed by atoms with Gasteiger partial charge >= 0.3 is 0 Å². The van der Waals surface area contributed by atoms with E-state index in [9.17, 15) is 4.79 Å². The van der Waals surface area contributed by atoms with Crippen molar-refractivity contribution in [3.05, 3.63) is 30.1 Å². The van der Waals surface area contributed by atoms with Crippen LogP contribution in [0, 0.1) is 0 Å². The Morgan fingerprint density at radius 3 is 2.60 bits per heavy atom. The molecule has 1 aromatic rings. The van der Waals surface area contributed by atoms with E-state index >= 15 is 0 Å². The first kappa shape index (κ1) is 18.7. The maximum Gasteiger partial charge on any atom is 0.234 e. The van der Waals surface area contributed by atoms with Gasteiger partial charge in [-0.25, -0.2) is 0 Å². The lowest BCUT2D eigenvalue weighted by Gasteiger charge is -2.39. The van der Waals surface area contributed by atoms with E-state index < -0.39 is 0 Å². The summed E-state index contributed by atoms with van der Waals surface area (Å²) in [7, 11) is 1.99. The first-order valence-electron chi connectivity index (χ1n) is 9.39. The SMILES string of the molecule is CN(CC(=O)NC1CCN(C2CCSCC2)CC1)Cc1ccncc1. The molecular formula is C19H30N4OS. The lowest BCUT2D eigenvalue weighted by Crippen LogP contribution is -2.50. The van der Waals surface area contributed by atoms with Gasteiger partial charge in [0.15, 0.2) is 0 Å². The topological polar surface area (TPSA) is 48.5 Å². The van der Waals surface area contributed by atoms with Gasteiger partial charge in [0.25, 0.3) is 0 Å². The summed E-state index contributed by atoms with van der Waals surface area (Å²) in [5.74, 6) is 2.76. The first-order chi connectivity index (χ1) is 12.2. The van der Waals surface area contributed by atoms with Gasteiger partial charge in [-0.05, 0) is 61.9 Å². The highest BCUT2D eigenvalue weighted by atomic mass is 32.2. The van der Waals surface area contributed by atoms with E-state index in [0.29, 0.717) is 12.6 Å². The van der Waals surface area contributed by atoms with Crippen molar-refractivity contribution in [2.45, 2.75) is 44.3 Å². The van der Waals surface area contributed by atoms with E-state index in [2.05, 4.69) is 31.9 Å². The Morgan fingerprint density at radius 1 is 1.24 bits per heavy atom. The molecule has 1 aromatic heterocycles. The van der Waals surface area contributed by atoms with Crippen LogP contribution in [0.2, 0.25) is 0 Å². The Bertz CT molecular complexity index is 527. The summed E-state index contributed by atoms with van der Waals surface area (Å²) in [5.41, 5.74) is 1.18. The lowest BCUT2D eigenvalue weighted by atomic mass is 10.0. The van der Waals surface area contributed by atoms with E-state index in [1.807, 2.05) is 19.2 Å². The maximum atomic E-state index is 12.3. The zero-order valence-electron chi connectivity index (χ0n) is 15.2. The molecule has 3 rings (SSSR count). The average molecular weight is 363 g/mol. The molecule has 0 radical (unpaired) electrons. The third-order valence-electron chi connectivity index (χ3n) is 5.22. The monoisotopic (exact) mass is 362 g/mol. The minimum Gasteiger partial charge on any atom is -0.352 e. The molecule has 1 amide bonds. The van der Waals surface area contributed by atoms with Gasteiger partial charge in [-0.1, -0.05) is 0 Å². The van der Waals surface area contributed by atoms with Crippen LogP contribution in [0.5, 0.6) is 0 Å². The highest BCUT2D eigenvalue weighted by Crippen LogP contribution is 2.24. The van der Waals surface area contributed by atoms with Crippen LogP contribution in [0.25, 0.3) is 0 Å². The van der Waals surface area contributed by atoms with E-state index in [1.165, 1.54) is 29.9 Å². The standard InChI is InChI=1S/C19H30N4OS/c1-22(14-16-2-8-20-9-3-16)15-19(24)21-17-4-10-23(11-5-17)18-6-12-25-13-7-18/h2-3,8-9,17-18H,4-7,10-15H2,1H3,(H,21,24). The van der Waals surface area contributed by atoms with Crippen LogP contribution in [0.3, 0.4) is 0 Å². The van der Waals surface area contributed by atoms with Crippen LogP contribution in [-0.2, 0) is 11.3 Å². The highest BCUT2D eigenvalue weighted by Gasteiger charge is 2.27. The molecule has 0 spiro atoms. The number of aromatic nitrogens is 1. The zero-order valence-corrected chi connectivity index (χ0v) is 16.0. The second-order valence-corrected chi connectivity index (χ2v) is 8.47. The number of amides is 1. The van der Waals surface area contributed by atoms with Crippen LogP contribution in [-0.4, -0.2) is 71.0 Å². The number of carbonyl (C=O) groups excluding carboxylic acids is 1. The Hall–Kier alpha value is -1.11. The second kappa shape index (κ2) is 9.55. The van der Waals surface area contributed by atoms with Gasteiger partial charge in [0.05, 0.1) is 6.54 Å². The molecule has 2 aliphatic heterocycles. The summed E-state index contributed by atoms with van der Waals surface area (Å²) >= 11 is 2.09. The first-order valence-corrected chi connectivity index (χ1v) is 10.5. The van der Waals surface area contributed by atoms with Gasteiger partial charge in [0.2, 0.25) is 5.91 Å². The Balaban J connectivity index is 1.36. The smallest absolute Gasteiger partial charge is 0.234 e. The molecule has 3 heterocycles. The fourth-order valence-electron chi connectivity index (χ4n) is 3.83. The Kier molecular flexibility index (Phi) is 7.13. The number of hydrogen-bond acceptors (Lipinski definition) is 5. The Labute approximate surface area is 155 Å². The van der Waals surface area contributed by atoms with Crippen molar-refractivity contribution in [1.29, 1.82) is 0 Å². The van der Waals surface area contributed by atoms with Gasteiger partial charge in [-0.2, -0.15) is 11.8 Å². The van der Waals surface area contributed by atoms with Crippen molar-refractivity contribution >= 4 is 17.7 Å². The zero-order chi connectivity index (χ0) is 17.5. The van der Waals surface area contributed by atoms with Crippen molar-refractivity contribution in [3.8, 4) is 0 Å². The quantitative estimate of drug-likeness (QED) is 0.839. The minimum atomic E-state index is 0.143. The number of piperidine rings is 1. The van der Waals surface area contributed by atoms with Crippen molar-refractivity contribution in [3.63, 3.8) is 0 Å². The van der Waals surface area contributed by atoms with Crippen molar-refractivity contribution < 1.29 is 4.79 Å². The number of nitrogens with zero attached hydrogens (tertiary/aromatic N) is 3. The van der Waals surface area contributed by atoms with Crippen molar-refractivity contribution in [2.24, 2.45) is 0 Å². The molecule has 0 aromatic carbocycles. The summed E-state index contributed by atoms with van der Waals surface area (Å²) in [6, 6.07) is 5.11. The lowest BCUT2D eigenvalue weighted by molar-refractivity contribution is -0.123. The number of rotatable bonds is 6. The molecule has 5 nitrogen and oxygen atoms in total. The molecule has 0 aliphatic carbocycles. The highest BCUT2D eigenvalue weighted by molar-refractivity contribution is 7.99. The summed E-state index contributed by atoms with van der Waals surface area (Å²) < 4.78 is 0. The number of nitrogens with one attached hydrogen (secondary N) is 1. The van der Waals surface area contributed by atoms with Crippen LogP contribution in [0.15, 0.2) is 24.5 Å². The minimum absolute atomic E-state index is 0.143. The molecule has 2 aliphatic rings. The van der Waals surface area contributed by atoms with Crippen LogP contribution in [0.4, 0.5) is 0 Å². The normalized spacial score (nSPS) is 20.7. The van der Waals surface area contributed by atoms with Gasteiger partial charge in [0.1, 0.15) is 0 Å². The number of pyridine rings is 1. The van der Waals surface area contributed by atoms with Crippen molar-refractivity contribution in [2.75, 3.05) is 38.2 Å². The number of carbonyl (C=O) groups is 1. The summed E-state index contributed by atoms with van der Waals surface area (Å²) in [6.07, 6.45) is 8.43. The molecule has 0 unspecified atom stereocenters. The number of likely N-dealkylation sites (tertiary alicyclic amines) is 1. The number of hydrogen-bond donors (Lipinski definition) is 1. The molecule has 2 saturated heterocycles. The van der Waals surface area contributed by atoms with Crippen molar-refractivity contribution in [1.82, 2.24) is 20.1 Å². The molecule has 0 atom stereocenters. The number of thioether (sulfide) groups is 1. The molecule has 0 bridgehead atoms. The molecule has 2 fully saturated rings. The third-order valence-corrected chi connectivity index (χ3v) is 6.27. The molecule has 138 valence electrons. The summed E-state index contributed by atoms with van der Waals surface area (Å²) in [6.45, 7) is 3.48. The largest absolute Gasteiger partial charge is 0.352 e. The van der Waals surface area contributed by atoms with Crippen LogP contribution < -0.4 is 5.32 Å². The van der Waals surface area contributed by atoms with Gasteiger partial charge in [-0.3, -0.25) is 14.7 Å². The third kappa shape index (κ3) is 5.97. The molecule has 25 heavy (non-hydrogen) atoms. The van der Waals surface area contributed by atoms with Gasteiger partial charge in [-0.15, -0.1) is 0 Å². The van der Waals surface area contributed by atoms with Gasteiger partial charge < -0.3 is 10.2 Å². The maximum absolute atomic E-state index is 12.3. The fourth-order valence-corrected chi connectivity index (χ4v) is 4.92. The predicted molar refractivity (Wildman–Crippen MR) is 104 cm³/mol. The summed E-state index contributed by atoms with van der Waals surface area (Å²) in [5, 5.41) is 3.24. The van der Waals surface area contributed by atoms with E-state index in [4.69, 9.17) is 0 Å². The van der Waals surface area contributed by atoms with Crippen LogP contribution >= 0.6 is 11.8 Å². The fraction of sp³-hybridized carbons (Fsp3) is 0.684. The second-order valence-electron chi connectivity index (χ2n) is 7.25. The molecule has 1 N–H and O–H groups in total. The van der Waals surface area contributed by atoms with Gasteiger partial charge in [0, 0.05) is 44.1 Å².